The van der Waals surface area contributed by atoms with Crippen LogP contribution in [0.3, 0.4) is 0 Å². The molecule has 138 valence electrons. The molecule has 1 aromatic carbocycles. The number of carbonyl (C=O) groups is 2. The van der Waals surface area contributed by atoms with Crippen molar-refractivity contribution in [2.45, 2.75) is 13.8 Å². The Hall–Kier alpha value is -2.31. The second kappa shape index (κ2) is 7.93. The highest BCUT2D eigenvalue weighted by Crippen LogP contribution is 2.20. The van der Waals surface area contributed by atoms with Gasteiger partial charge in [-0.15, -0.1) is 0 Å². The number of furan rings is 1. The molecule has 0 saturated carbocycles. The Labute approximate surface area is 157 Å². The van der Waals surface area contributed by atoms with Gasteiger partial charge in [0, 0.05) is 26.2 Å². The molecule has 2 amide bonds. The lowest BCUT2D eigenvalue weighted by atomic mass is 10.2. The second-order valence-electron chi connectivity index (χ2n) is 6.42. The van der Waals surface area contributed by atoms with Crippen LogP contribution in [0.5, 0.6) is 0 Å². The van der Waals surface area contributed by atoms with Crippen LogP contribution in [-0.4, -0.2) is 54.3 Å². The van der Waals surface area contributed by atoms with Gasteiger partial charge in [-0.1, -0.05) is 23.7 Å². The Morgan fingerprint density at radius 1 is 1.15 bits per heavy atom. The molecule has 7 heteroatoms. The van der Waals surface area contributed by atoms with Gasteiger partial charge in [0.2, 0.25) is 5.91 Å². The first kappa shape index (κ1) is 18.5. The minimum Gasteiger partial charge on any atom is -0.466 e. The number of rotatable bonds is 4. The van der Waals surface area contributed by atoms with Crippen LogP contribution in [0.1, 0.15) is 21.9 Å². The number of anilines is 1. The van der Waals surface area contributed by atoms with E-state index in [9.17, 15) is 9.59 Å². The summed E-state index contributed by atoms with van der Waals surface area (Å²) >= 11 is 6.06. The fraction of sp³-hybridized carbons (Fsp3) is 0.368. The molecule has 0 unspecified atom stereocenters. The molecular formula is C19H22ClN3O3. The topological polar surface area (TPSA) is 65.8 Å². The average Bonchev–Trinajstić information content (AvgIpc) is 2.95. The fourth-order valence-electron chi connectivity index (χ4n) is 3.08. The van der Waals surface area contributed by atoms with E-state index in [2.05, 4.69) is 5.32 Å². The number of piperazine rings is 1. The molecule has 2 heterocycles. The van der Waals surface area contributed by atoms with Gasteiger partial charge in [-0.3, -0.25) is 14.5 Å². The van der Waals surface area contributed by atoms with Crippen LogP contribution in [-0.2, 0) is 4.79 Å². The highest BCUT2D eigenvalue weighted by Gasteiger charge is 2.25. The first-order chi connectivity index (χ1) is 12.4. The Bertz CT molecular complexity index is 810. The van der Waals surface area contributed by atoms with Gasteiger partial charge in [0.25, 0.3) is 5.91 Å². The van der Waals surface area contributed by atoms with E-state index in [1.54, 1.807) is 30.0 Å². The molecule has 6 nitrogen and oxygen atoms in total. The molecule has 1 N–H and O–H groups in total. The number of benzene rings is 1. The van der Waals surface area contributed by atoms with E-state index in [1.165, 1.54) is 0 Å². The van der Waals surface area contributed by atoms with Crippen LogP contribution in [0.15, 0.2) is 34.7 Å². The van der Waals surface area contributed by atoms with Crippen LogP contribution in [0, 0.1) is 13.8 Å². The molecule has 1 aliphatic heterocycles. The summed E-state index contributed by atoms with van der Waals surface area (Å²) in [5, 5.41) is 3.34. The zero-order chi connectivity index (χ0) is 18.7. The maximum atomic E-state index is 12.6. The van der Waals surface area contributed by atoms with Gasteiger partial charge in [0.1, 0.15) is 11.5 Å². The molecule has 1 aliphatic rings. The molecule has 0 bridgehead atoms. The van der Waals surface area contributed by atoms with Crippen molar-refractivity contribution >= 4 is 29.1 Å². The number of amides is 2. The van der Waals surface area contributed by atoms with Crippen molar-refractivity contribution in [2.75, 3.05) is 38.0 Å². The van der Waals surface area contributed by atoms with E-state index in [4.69, 9.17) is 16.0 Å². The molecule has 3 rings (SSSR count). The summed E-state index contributed by atoms with van der Waals surface area (Å²) in [4.78, 5) is 28.6. The van der Waals surface area contributed by atoms with E-state index < -0.39 is 0 Å². The van der Waals surface area contributed by atoms with Crippen molar-refractivity contribution in [3.8, 4) is 0 Å². The zero-order valence-corrected chi connectivity index (χ0v) is 15.7. The van der Waals surface area contributed by atoms with Gasteiger partial charge in [-0.2, -0.15) is 0 Å². The van der Waals surface area contributed by atoms with Crippen molar-refractivity contribution in [3.63, 3.8) is 0 Å². The SMILES string of the molecule is Cc1cc(C(=O)N2CCN(CC(=O)Nc3ccccc3Cl)CC2)c(C)o1. The number of hydrogen-bond donors (Lipinski definition) is 1. The molecule has 2 aromatic rings. The predicted octanol–water partition coefficient (Wildman–Crippen LogP) is 2.95. The average molecular weight is 376 g/mol. The number of para-hydroxylation sites is 1. The van der Waals surface area contributed by atoms with Crippen LogP contribution in [0.25, 0.3) is 0 Å². The minimum atomic E-state index is -0.112. The van der Waals surface area contributed by atoms with E-state index >= 15 is 0 Å². The van der Waals surface area contributed by atoms with Crippen molar-refractivity contribution in [3.05, 3.63) is 52.4 Å². The van der Waals surface area contributed by atoms with Crippen molar-refractivity contribution in [1.29, 1.82) is 0 Å². The molecule has 0 aliphatic carbocycles. The Kier molecular flexibility index (Phi) is 5.64. The first-order valence-corrected chi connectivity index (χ1v) is 8.95. The Morgan fingerprint density at radius 2 is 1.85 bits per heavy atom. The Morgan fingerprint density at radius 3 is 2.46 bits per heavy atom. The second-order valence-corrected chi connectivity index (χ2v) is 6.83. The molecule has 0 atom stereocenters. The minimum absolute atomic E-state index is 0.0143. The lowest BCUT2D eigenvalue weighted by Gasteiger charge is -2.34. The molecule has 0 radical (unpaired) electrons. The van der Waals surface area contributed by atoms with E-state index in [-0.39, 0.29) is 18.4 Å². The van der Waals surface area contributed by atoms with Gasteiger partial charge in [-0.25, -0.2) is 0 Å². The standard InChI is InChI=1S/C19H22ClN3O3/c1-13-11-15(14(2)26-13)19(25)23-9-7-22(8-10-23)12-18(24)21-17-6-4-3-5-16(17)20/h3-6,11H,7-10,12H2,1-2H3,(H,21,24). The summed E-state index contributed by atoms with van der Waals surface area (Å²) < 4.78 is 5.44. The number of hydrogen-bond acceptors (Lipinski definition) is 4. The maximum absolute atomic E-state index is 12.6. The number of nitrogens with zero attached hydrogens (tertiary/aromatic N) is 2. The smallest absolute Gasteiger partial charge is 0.257 e. The van der Waals surface area contributed by atoms with Crippen molar-refractivity contribution in [2.24, 2.45) is 0 Å². The van der Waals surface area contributed by atoms with Crippen molar-refractivity contribution < 1.29 is 14.0 Å². The van der Waals surface area contributed by atoms with Gasteiger partial charge < -0.3 is 14.6 Å². The highest BCUT2D eigenvalue weighted by molar-refractivity contribution is 6.33. The zero-order valence-electron chi connectivity index (χ0n) is 14.9. The van der Waals surface area contributed by atoms with E-state index in [0.29, 0.717) is 48.2 Å². The molecule has 0 spiro atoms. The van der Waals surface area contributed by atoms with Crippen LogP contribution >= 0.6 is 11.6 Å². The summed E-state index contributed by atoms with van der Waals surface area (Å²) in [5.41, 5.74) is 1.23. The summed E-state index contributed by atoms with van der Waals surface area (Å²) in [6.07, 6.45) is 0. The molecule has 1 aromatic heterocycles. The first-order valence-electron chi connectivity index (χ1n) is 8.57. The number of halogens is 1. The third kappa shape index (κ3) is 4.26. The van der Waals surface area contributed by atoms with Gasteiger partial charge in [0.15, 0.2) is 0 Å². The normalized spacial score (nSPS) is 15.1. The number of carbonyl (C=O) groups excluding carboxylic acids is 2. The van der Waals surface area contributed by atoms with Gasteiger partial charge in [-0.05, 0) is 32.0 Å². The number of aryl methyl sites for hydroxylation is 2. The van der Waals surface area contributed by atoms with Gasteiger partial charge in [0.05, 0.1) is 22.8 Å². The maximum Gasteiger partial charge on any atom is 0.257 e. The molecule has 1 saturated heterocycles. The summed E-state index contributed by atoms with van der Waals surface area (Å²) in [5.74, 6) is 1.26. The molecule has 1 fully saturated rings. The third-order valence-electron chi connectivity index (χ3n) is 4.45. The van der Waals surface area contributed by atoms with Crippen LogP contribution in [0.2, 0.25) is 5.02 Å². The quantitative estimate of drug-likeness (QED) is 0.892. The van der Waals surface area contributed by atoms with E-state index in [1.807, 2.05) is 24.0 Å². The summed E-state index contributed by atoms with van der Waals surface area (Å²) in [7, 11) is 0. The number of nitrogens with one attached hydrogen (secondary N) is 1. The predicted molar refractivity (Wildman–Crippen MR) is 101 cm³/mol. The summed E-state index contributed by atoms with van der Waals surface area (Å²) in [6, 6.07) is 8.93. The van der Waals surface area contributed by atoms with E-state index in [0.717, 1.165) is 5.76 Å². The third-order valence-corrected chi connectivity index (χ3v) is 4.78. The molecular weight excluding hydrogens is 354 g/mol. The lowest BCUT2D eigenvalue weighted by Crippen LogP contribution is -2.50. The van der Waals surface area contributed by atoms with Crippen LogP contribution < -0.4 is 5.32 Å². The highest BCUT2D eigenvalue weighted by atomic mass is 35.5. The largest absolute Gasteiger partial charge is 0.466 e. The van der Waals surface area contributed by atoms with Crippen LogP contribution in [0.4, 0.5) is 5.69 Å². The fourth-order valence-corrected chi connectivity index (χ4v) is 3.26. The monoisotopic (exact) mass is 375 g/mol. The van der Waals surface area contributed by atoms with Crippen molar-refractivity contribution in [1.82, 2.24) is 9.80 Å². The lowest BCUT2D eigenvalue weighted by molar-refractivity contribution is -0.117. The Balaban J connectivity index is 1.51. The molecule has 26 heavy (non-hydrogen) atoms. The van der Waals surface area contributed by atoms with Gasteiger partial charge >= 0.3 is 0 Å². The summed E-state index contributed by atoms with van der Waals surface area (Å²) in [6.45, 7) is 6.38.